The third kappa shape index (κ3) is 3.37. The molecule has 1 saturated carbocycles. The lowest BCUT2D eigenvalue weighted by Gasteiger charge is -2.29. The summed E-state index contributed by atoms with van der Waals surface area (Å²) in [6, 6.07) is 2.93. The first-order valence-corrected chi connectivity index (χ1v) is 7.80. The maximum Gasteiger partial charge on any atom is 0.133 e. The minimum atomic E-state index is 0.731. The van der Waals surface area contributed by atoms with Gasteiger partial charge < -0.3 is 10.2 Å². The molecule has 0 unspecified atom stereocenters. The predicted octanol–water partition coefficient (Wildman–Crippen LogP) is 3.25. The van der Waals surface area contributed by atoms with Gasteiger partial charge in [0, 0.05) is 41.9 Å². The number of nitrogens with one attached hydrogen (secondary N) is 1. The smallest absolute Gasteiger partial charge is 0.133 e. The number of anilines is 1. The van der Waals surface area contributed by atoms with E-state index in [2.05, 4.69) is 50.2 Å². The molecule has 2 aliphatic rings. The van der Waals surface area contributed by atoms with E-state index < -0.39 is 0 Å². The summed E-state index contributed by atoms with van der Waals surface area (Å²) in [7, 11) is 0. The Morgan fingerprint density at radius 1 is 1.47 bits per heavy atom. The Morgan fingerprint density at radius 2 is 2.32 bits per heavy atom. The third-order valence-electron chi connectivity index (χ3n) is 3.70. The van der Waals surface area contributed by atoms with Crippen LogP contribution in [0.15, 0.2) is 28.4 Å². The van der Waals surface area contributed by atoms with E-state index in [1.807, 2.05) is 6.20 Å². The second-order valence-corrected chi connectivity index (χ2v) is 6.47. The zero-order valence-electron chi connectivity index (χ0n) is 11.3. The van der Waals surface area contributed by atoms with E-state index in [1.165, 1.54) is 24.0 Å². The van der Waals surface area contributed by atoms with Crippen LogP contribution in [0.3, 0.4) is 0 Å². The van der Waals surface area contributed by atoms with Crippen LogP contribution in [0, 0.1) is 0 Å². The Balaban J connectivity index is 1.79. The highest BCUT2D eigenvalue weighted by Crippen LogP contribution is 2.26. The molecule has 4 heteroatoms. The Morgan fingerprint density at radius 3 is 3.05 bits per heavy atom. The quantitative estimate of drug-likeness (QED) is 0.863. The highest BCUT2D eigenvalue weighted by Gasteiger charge is 2.22. The number of halogens is 1. The van der Waals surface area contributed by atoms with Crippen molar-refractivity contribution < 1.29 is 0 Å². The lowest BCUT2D eigenvalue weighted by Crippen LogP contribution is -2.31. The first-order valence-electron chi connectivity index (χ1n) is 7.01. The summed E-state index contributed by atoms with van der Waals surface area (Å²) >= 11 is 3.53. The molecule has 1 aromatic heterocycles. The second-order valence-electron chi connectivity index (χ2n) is 5.55. The summed E-state index contributed by atoms with van der Waals surface area (Å²) in [6.07, 6.45) is 8.00. The Kier molecular flexibility index (Phi) is 3.89. The van der Waals surface area contributed by atoms with Gasteiger partial charge in [-0.2, -0.15) is 0 Å². The fourth-order valence-corrected chi connectivity index (χ4v) is 2.90. The molecule has 0 aromatic carbocycles. The van der Waals surface area contributed by atoms with Gasteiger partial charge in [-0.25, -0.2) is 4.98 Å². The molecule has 0 saturated heterocycles. The minimum absolute atomic E-state index is 0.731. The molecule has 3 nitrogen and oxygen atoms in total. The van der Waals surface area contributed by atoms with Crippen molar-refractivity contribution in [1.82, 2.24) is 10.3 Å². The summed E-state index contributed by atoms with van der Waals surface area (Å²) in [5.74, 6) is 1.14. The average molecular weight is 322 g/mol. The van der Waals surface area contributed by atoms with Crippen molar-refractivity contribution in [3.63, 3.8) is 0 Å². The van der Waals surface area contributed by atoms with Crippen molar-refractivity contribution in [2.45, 2.75) is 38.8 Å². The maximum absolute atomic E-state index is 4.65. The summed E-state index contributed by atoms with van der Waals surface area (Å²) in [5, 5.41) is 3.59. The fraction of sp³-hybridized carbons (Fsp3) is 0.533. The van der Waals surface area contributed by atoms with Gasteiger partial charge >= 0.3 is 0 Å². The molecule has 19 heavy (non-hydrogen) atoms. The molecule has 1 aromatic rings. The van der Waals surface area contributed by atoms with Crippen LogP contribution in [0.5, 0.6) is 0 Å². The number of hydrogen-bond donors (Lipinski definition) is 1. The van der Waals surface area contributed by atoms with Crippen molar-refractivity contribution in [3.05, 3.63) is 33.9 Å². The van der Waals surface area contributed by atoms with Crippen LogP contribution in [0.4, 0.5) is 5.82 Å². The monoisotopic (exact) mass is 321 g/mol. The lowest BCUT2D eigenvalue weighted by molar-refractivity contribution is 0.678. The van der Waals surface area contributed by atoms with Crippen molar-refractivity contribution in [1.29, 1.82) is 0 Å². The molecule has 102 valence electrons. The van der Waals surface area contributed by atoms with Gasteiger partial charge in [-0.1, -0.05) is 11.6 Å². The van der Waals surface area contributed by atoms with Gasteiger partial charge in [0.1, 0.15) is 5.82 Å². The number of aromatic nitrogens is 1. The van der Waals surface area contributed by atoms with Crippen molar-refractivity contribution in [2.24, 2.45) is 0 Å². The minimum Gasteiger partial charge on any atom is -0.352 e. The van der Waals surface area contributed by atoms with Crippen LogP contribution in [-0.4, -0.2) is 24.1 Å². The summed E-state index contributed by atoms with van der Waals surface area (Å²) < 4.78 is 1.06. The van der Waals surface area contributed by atoms with Crippen LogP contribution in [0.2, 0.25) is 0 Å². The first kappa shape index (κ1) is 13.1. The maximum atomic E-state index is 4.65. The molecule has 1 aliphatic carbocycles. The number of hydrogen-bond acceptors (Lipinski definition) is 3. The molecule has 3 rings (SSSR count). The molecular formula is C15H20BrN3. The summed E-state index contributed by atoms with van der Waals surface area (Å²) in [5.41, 5.74) is 2.74. The highest BCUT2D eigenvalue weighted by atomic mass is 79.9. The van der Waals surface area contributed by atoms with E-state index in [1.54, 1.807) is 0 Å². The van der Waals surface area contributed by atoms with E-state index in [9.17, 15) is 0 Å². The van der Waals surface area contributed by atoms with Gasteiger partial charge in [0.15, 0.2) is 0 Å². The van der Waals surface area contributed by atoms with Gasteiger partial charge in [0.2, 0.25) is 0 Å². The predicted molar refractivity (Wildman–Crippen MR) is 82.4 cm³/mol. The fourth-order valence-electron chi connectivity index (χ4n) is 2.52. The van der Waals surface area contributed by atoms with Gasteiger partial charge in [-0.3, -0.25) is 0 Å². The van der Waals surface area contributed by atoms with Gasteiger partial charge in [0.05, 0.1) is 0 Å². The van der Waals surface area contributed by atoms with E-state index in [0.29, 0.717) is 0 Å². The number of rotatable bonds is 4. The zero-order chi connectivity index (χ0) is 13.2. The highest BCUT2D eigenvalue weighted by molar-refractivity contribution is 9.10. The summed E-state index contributed by atoms with van der Waals surface area (Å²) in [6.45, 7) is 5.20. The summed E-state index contributed by atoms with van der Waals surface area (Å²) in [4.78, 5) is 7.04. The molecule has 1 N–H and O–H groups in total. The SMILES string of the molecule is CC1=CCCN(c2ncc(Br)cc2CNC2CC2)C1. The van der Waals surface area contributed by atoms with Crippen molar-refractivity contribution >= 4 is 21.7 Å². The molecule has 0 bridgehead atoms. The van der Waals surface area contributed by atoms with E-state index in [-0.39, 0.29) is 0 Å². The van der Waals surface area contributed by atoms with Crippen molar-refractivity contribution in [2.75, 3.05) is 18.0 Å². The third-order valence-corrected chi connectivity index (χ3v) is 4.13. The van der Waals surface area contributed by atoms with Crippen LogP contribution in [0.1, 0.15) is 31.7 Å². The molecule has 0 radical (unpaired) electrons. The van der Waals surface area contributed by atoms with E-state index >= 15 is 0 Å². The normalized spacial score (nSPS) is 19.5. The topological polar surface area (TPSA) is 28.2 Å². The van der Waals surface area contributed by atoms with Crippen molar-refractivity contribution in [3.8, 4) is 0 Å². The number of nitrogens with zero attached hydrogens (tertiary/aromatic N) is 2. The molecule has 0 spiro atoms. The number of pyridine rings is 1. The zero-order valence-corrected chi connectivity index (χ0v) is 12.9. The Bertz CT molecular complexity index is 494. The van der Waals surface area contributed by atoms with E-state index in [4.69, 9.17) is 0 Å². The first-order chi connectivity index (χ1) is 9.22. The van der Waals surface area contributed by atoms with Crippen LogP contribution in [0.25, 0.3) is 0 Å². The molecule has 2 heterocycles. The van der Waals surface area contributed by atoms with Gasteiger partial charge in [-0.15, -0.1) is 0 Å². The molecular weight excluding hydrogens is 302 g/mol. The van der Waals surface area contributed by atoms with Gasteiger partial charge in [0.25, 0.3) is 0 Å². The largest absolute Gasteiger partial charge is 0.352 e. The Hall–Kier alpha value is -0.870. The van der Waals surface area contributed by atoms with Crippen LogP contribution in [-0.2, 0) is 6.54 Å². The molecule has 0 atom stereocenters. The average Bonchev–Trinajstić information content (AvgIpc) is 3.20. The molecule has 1 fully saturated rings. The van der Waals surface area contributed by atoms with E-state index in [0.717, 1.165) is 42.4 Å². The molecule has 1 aliphatic heterocycles. The lowest BCUT2D eigenvalue weighted by atomic mass is 10.1. The van der Waals surface area contributed by atoms with Gasteiger partial charge in [-0.05, 0) is 48.2 Å². The second kappa shape index (κ2) is 5.63. The Labute approximate surface area is 123 Å². The van der Waals surface area contributed by atoms with Crippen LogP contribution >= 0.6 is 15.9 Å². The van der Waals surface area contributed by atoms with Crippen LogP contribution < -0.4 is 10.2 Å². The molecule has 0 amide bonds. The standard InChI is InChI=1S/C15H20BrN3/c1-11-3-2-6-19(10-11)15-12(7-13(16)9-18-15)8-17-14-4-5-14/h3,7,9,14,17H,2,4-6,8,10H2,1H3.